The molecular formula is C53H69N9O7. The third-order valence-corrected chi connectivity index (χ3v) is 13.7. The maximum atomic E-state index is 14.7. The average molecular weight is 944 g/mol. The van der Waals surface area contributed by atoms with Crippen LogP contribution in [0.3, 0.4) is 0 Å². The summed E-state index contributed by atoms with van der Waals surface area (Å²) in [7, 11) is 3.08. The van der Waals surface area contributed by atoms with E-state index in [1.807, 2.05) is 43.1 Å². The van der Waals surface area contributed by atoms with Gasteiger partial charge in [-0.15, -0.1) is 0 Å². The summed E-state index contributed by atoms with van der Waals surface area (Å²) in [5, 5.41) is 25.6. The topological polar surface area (TPSA) is 193 Å². The molecule has 3 aliphatic heterocycles. The van der Waals surface area contributed by atoms with E-state index in [-0.39, 0.29) is 49.7 Å². The number of carbonyl (C=O) groups is 5. The zero-order chi connectivity index (χ0) is 49.9. The second-order valence-corrected chi connectivity index (χ2v) is 20.5. The zero-order valence-corrected chi connectivity index (χ0v) is 41.7. The van der Waals surface area contributed by atoms with Crippen LogP contribution >= 0.6 is 0 Å². The lowest BCUT2D eigenvalue weighted by atomic mass is 9.83. The van der Waals surface area contributed by atoms with Gasteiger partial charge in [0.15, 0.2) is 0 Å². The van der Waals surface area contributed by atoms with E-state index in [4.69, 9.17) is 15.0 Å². The number of cyclic esters (lactones) is 1. The van der Waals surface area contributed by atoms with Crippen molar-refractivity contribution >= 4 is 40.5 Å². The van der Waals surface area contributed by atoms with Crippen molar-refractivity contribution < 1.29 is 33.8 Å². The number of nitrogens with one attached hydrogen (secondary N) is 2. The first-order chi connectivity index (χ1) is 32.8. The Balaban J connectivity index is 1.24. The van der Waals surface area contributed by atoms with Crippen LogP contribution in [0.1, 0.15) is 96.9 Å². The molecule has 16 heteroatoms. The van der Waals surface area contributed by atoms with Crippen molar-refractivity contribution in [3.8, 4) is 34.2 Å². The summed E-state index contributed by atoms with van der Waals surface area (Å²) in [5.41, 5.74) is 9.96. The van der Waals surface area contributed by atoms with Gasteiger partial charge in [-0.05, 0) is 103 Å². The molecule has 3 aliphatic rings. The number of aryl methyl sites for hydroxylation is 1. The first-order valence-corrected chi connectivity index (χ1v) is 24.4. The molecule has 0 aliphatic carbocycles. The Hall–Kier alpha value is -6.31. The number of phenolic OH excluding ortho intramolecular Hbond substituents is 1. The van der Waals surface area contributed by atoms with Crippen LogP contribution < -0.4 is 10.7 Å². The number of aromatic hydroxyl groups is 1. The van der Waals surface area contributed by atoms with Crippen LogP contribution in [0.2, 0.25) is 0 Å². The Morgan fingerprint density at radius 3 is 2.55 bits per heavy atom. The molecule has 0 radical (unpaired) electrons. The Morgan fingerprint density at radius 1 is 1.07 bits per heavy atom. The number of phenols is 1. The van der Waals surface area contributed by atoms with Crippen molar-refractivity contribution in [1.29, 1.82) is 5.26 Å². The normalized spacial score (nSPS) is 20.8. The highest BCUT2D eigenvalue weighted by Gasteiger charge is 2.43. The number of esters is 1. The molecule has 16 nitrogen and oxygen atoms in total. The standard InChI is InChI=1S/C53H69N9O7/c1-10-61-43-18-17-35-27-39(43)40(48(61)38-15-13-20-55-46(38)32(2)3)28-53(6,7)31-69-52(68)41-16-14-22-62(57-41)50(66)42(25-34-23-36(35)26-37(63)24-34)56-49(65)47(33(4)5)59(9)45(64)30-58(8)51(67)44-29-60(44)21-12-11-19-54/h13,15,17-18,20,23-24,26-27,32-33,41-42,44,47,57,63H,10-12,14,16,21-22,25,28-31H2,1-9H3,(H,56,65)/t41-,42-,44-,47-,60?/m0/s1. The summed E-state index contributed by atoms with van der Waals surface area (Å²) < 4.78 is 8.44. The molecule has 2 fully saturated rings. The van der Waals surface area contributed by atoms with Gasteiger partial charge >= 0.3 is 5.97 Å². The molecule has 368 valence electrons. The minimum atomic E-state index is -1.19. The first kappa shape index (κ1) is 50.6. The summed E-state index contributed by atoms with van der Waals surface area (Å²) in [6.07, 6.45) is 4.37. The van der Waals surface area contributed by atoms with E-state index in [0.29, 0.717) is 57.3 Å². The smallest absolute Gasteiger partial charge is 0.324 e. The van der Waals surface area contributed by atoms with E-state index in [1.165, 1.54) is 21.9 Å². The number of hydrogen-bond donors (Lipinski definition) is 3. The number of likely N-dealkylation sites (N-methyl/N-ethyl adjacent to an activating group) is 2. The molecule has 0 saturated carbocycles. The fourth-order valence-electron chi connectivity index (χ4n) is 10.1. The largest absolute Gasteiger partial charge is 0.508 e. The van der Waals surface area contributed by atoms with Crippen LogP contribution in [0.4, 0.5) is 0 Å². The van der Waals surface area contributed by atoms with Gasteiger partial charge in [-0.3, -0.25) is 38.9 Å². The SMILES string of the molecule is CCn1c(-c2cccnc2C(C)C)c2c3cc(ccc31)-c1cc(O)cc(c1)C[C@H](NC(=O)[C@H](C(C)C)N(C)C(=O)CN(C)C(=O)[C@@H]1CN1CCCC#N)C(=O)N1CCC[C@H](N1)C(=O)OCC(C)(C)C2. The van der Waals surface area contributed by atoms with Gasteiger partial charge in [0.1, 0.15) is 29.9 Å². The highest BCUT2D eigenvalue weighted by Crippen LogP contribution is 2.42. The number of pyridine rings is 1. The lowest BCUT2D eigenvalue weighted by Crippen LogP contribution is -2.62. The Bertz CT molecular complexity index is 2630. The third kappa shape index (κ3) is 11.3. The van der Waals surface area contributed by atoms with Crippen molar-refractivity contribution in [1.82, 2.24) is 40.0 Å². The fourth-order valence-corrected chi connectivity index (χ4v) is 10.1. The first-order valence-electron chi connectivity index (χ1n) is 24.4. The second-order valence-electron chi connectivity index (χ2n) is 20.5. The molecule has 1 unspecified atom stereocenters. The Morgan fingerprint density at radius 2 is 1.84 bits per heavy atom. The van der Waals surface area contributed by atoms with E-state index in [1.54, 1.807) is 19.2 Å². The molecule has 4 amide bonds. The summed E-state index contributed by atoms with van der Waals surface area (Å²) in [4.78, 5) is 79.7. The molecule has 69 heavy (non-hydrogen) atoms. The number of amides is 4. The molecule has 0 spiro atoms. The number of hydrogen-bond acceptors (Lipinski definition) is 11. The number of unbranched alkanes of at least 4 members (excludes halogenated alkanes) is 1. The van der Waals surface area contributed by atoms with Gasteiger partial charge in [0.2, 0.25) is 17.7 Å². The predicted octanol–water partition coefficient (Wildman–Crippen LogP) is 5.80. The number of carbonyl (C=O) groups excluding carboxylic acids is 5. The van der Waals surface area contributed by atoms with Gasteiger partial charge < -0.3 is 29.5 Å². The summed E-state index contributed by atoms with van der Waals surface area (Å²) >= 11 is 0. The maximum Gasteiger partial charge on any atom is 0.324 e. The maximum absolute atomic E-state index is 14.7. The Kier molecular flexibility index (Phi) is 15.5. The number of hydrazine groups is 1. The molecule has 6 bridgehead atoms. The zero-order valence-electron chi connectivity index (χ0n) is 41.7. The quantitative estimate of drug-likeness (QED) is 0.0834. The molecule has 2 saturated heterocycles. The highest BCUT2D eigenvalue weighted by molar-refractivity contribution is 5.96. The number of ether oxygens (including phenoxy) is 1. The molecule has 2 aromatic heterocycles. The van der Waals surface area contributed by atoms with Crippen LogP contribution in [-0.4, -0.2) is 135 Å². The lowest BCUT2D eigenvalue weighted by Gasteiger charge is -2.37. The van der Waals surface area contributed by atoms with Gasteiger partial charge in [0.25, 0.3) is 5.91 Å². The number of benzene rings is 2. The minimum absolute atomic E-state index is 0.0147. The van der Waals surface area contributed by atoms with Crippen LogP contribution in [0.15, 0.2) is 54.7 Å². The molecule has 7 rings (SSSR count). The van der Waals surface area contributed by atoms with Crippen molar-refractivity contribution in [2.45, 2.75) is 124 Å². The van der Waals surface area contributed by atoms with Crippen molar-refractivity contribution in [3.63, 3.8) is 0 Å². The van der Waals surface area contributed by atoms with Crippen LogP contribution in [-0.2, 0) is 48.1 Å². The third-order valence-electron chi connectivity index (χ3n) is 13.7. The summed E-state index contributed by atoms with van der Waals surface area (Å²) in [6.45, 7) is 16.2. The fraction of sp³-hybridized carbons (Fsp3) is 0.528. The highest BCUT2D eigenvalue weighted by atomic mass is 16.5. The number of nitriles is 1. The van der Waals surface area contributed by atoms with Crippen LogP contribution in [0, 0.1) is 22.7 Å². The van der Waals surface area contributed by atoms with E-state index < -0.39 is 53.1 Å². The van der Waals surface area contributed by atoms with Crippen molar-refractivity contribution in [3.05, 3.63) is 71.5 Å². The average Bonchev–Trinajstić information content (AvgIpc) is 4.03. The van der Waals surface area contributed by atoms with Gasteiger partial charge in [0.05, 0.1) is 30.6 Å². The van der Waals surface area contributed by atoms with Gasteiger partial charge in [-0.2, -0.15) is 5.26 Å². The molecule has 4 aromatic rings. The lowest BCUT2D eigenvalue weighted by molar-refractivity contribution is -0.155. The van der Waals surface area contributed by atoms with Gasteiger partial charge in [-0.25, -0.2) is 5.43 Å². The van der Waals surface area contributed by atoms with Crippen LogP contribution in [0.25, 0.3) is 33.3 Å². The number of nitrogens with zero attached hydrogens (tertiary/aromatic N) is 7. The molecule has 3 N–H and O–H groups in total. The van der Waals surface area contributed by atoms with E-state index >= 15 is 0 Å². The number of rotatable bonds is 13. The van der Waals surface area contributed by atoms with Gasteiger partial charge in [0, 0.05) is 81.2 Å². The second kappa shape index (κ2) is 21.1. The molecular weight excluding hydrogens is 875 g/mol. The minimum Gasteiger partial charge on any atom is -0.508 e. The van der Waals surface area contributed by atoms with Crippen molar-refractivity contribution in [2.24, 2.45) is 11.3 Å². The number of aromatic nitrogens is 2. The monoisotopic (exact) mass is 944 g/mol. The predicted molar refractivity (Wildman–Crippen MR) is 263 cm³/mol. The molecule has 5 heterocycles. The van der Waals surface area contributed by atoms with E-state index in [2.05, 4.69) is 74.2 Å². The molecule has 2 aromatic carbocycles. The summed E-state index contributed by atoms with van der Waals surface area (Å²) in [6, 6.07) is 14.3. The Labute approximate surface area is 405 Å². The van der Waals surface area contributed by atoms with E-state index in [9.17, 15) is 29.1 Å². The number of fused-ring (bicyclic) bond motifs is 6. The van der Waals surface area contributed by atoms with Gasteiger partial charge in [-0.1, -0.05) is 53.7 Å². The molecule has 5 atom stereocenters. The van der Waals surface area contributed by atoms with Crippen LogP contribution in [0.5, 0.6) is 5.75 Å². The van der Waals surface area contributed by atoms with Crippen molar-refractivity contribution in [2.75, 3.05) is 46.9 Å². The van der Waals surface area contributed by atoms with E-state index in [0.717, 1.165) is 44.5 Å². The summed E-state index contributed by atoms with van der Waals surface area (Å²) in [5.74, 6) is -2.45.